The van der Waals surface area contributed by atoms with Gasteiger partial charge in [0.2, 0.25) is 5.89 Å². The first kappa shape index (κ1) is 23.2. The third-order valence-electron chi connectivity index (χ3n) is 6.31. The van der Waals surface area contributed by atoms with Gasteiger partial charge >= 0.3 is 12.1 Å². The molecule has 1 N–H and O–H groups in total. The fraction of sp³-hybridized carbons (Fsp3) is 0.545. The fourth-order valence-corrected chi connectivity index (χ4v) is 4.26. The predicted octanol–water partition coefficient (Wildman–Crippen LogP) is 4.33. The van der Waals surface area contributed by atoms with E-state index in [1.807, 2.05) is 25.1 Å². The van der Waals surface area contributed by atoms with Crippen LogP contribution in [0.2, 0.25) is 0 Å². The van der Waals surface area contributed by atoms with Crippen LogP contribution in [-0.2, 0) is 4.79 Å². The van der Waals surface area contributed by atoms with E-state index in [2.05, 4.69) is 26.2 Å². The Hall–Kier alpha value is -2.95. The minimum Gasteiger partial charge on any atom is -0.475 e. The van der Waals surface area contributed by atoms with Crippen LogP contribution in [0, 0.1) is 12.8 Å². The number of carbonyl (C=O) groups is 1. The second-order valence-corrected chi connectivity index (χ2v) is 8.62. The van der Waals surface area contributed by atoms with Gasteiger partial charge in [0.15, 0.2) is 0 Å². The third-order valence-corrected chi connectivity index (χ3v) is 6.31. The molecule has 0 spiro atoms. The van der Waals surface area contributed by atoms with E-state index in [0.717, 1.165) is 54.3 Å². The van der Waals surface area contributed by atoms with Gasteiger partial charge in [-0.05, 0) is 62.8 Å². The maximum atomic E-state index is 10.6. The molecule has 8 nitrogen and oxygen atoms in total. The number of carboxylic acids is 1. The Kier molecular flexibility index (Phi) is 6.68. The molecule has 11 heteroatoms. The zero-order valence-corrected chi connectivity index (χ0v) is 18.3. The molecular formula is C22H26F3N5O3. The summed E-state index contributed by atoms with van der Waals surface area (Å²) in [6, 6.07) is 8.16. The Balaban J connectivity index is 0.000000325. The average Bonchev–Trinajstić information content (AvgIpc) is 3.36. The number of hydrogen-bond acceptors (Lipinski definition) is 6. The number of aromatic nitrogens is 4. The van der Waals surface area contributed by atoms with Crippen LogP contribution in [0.3, 0.4) is 0 Å². The molecule has 0 bridgehead atoms. The van der Waals surface area contributed by atoms with Gasteiger partial charge in [0, 0.05) is 17.8 Å². The molecule has 2 aromatic heterocycles. The summed E-state index contributed by atoms with van der Waals surface area (Å²) in [5.74, 6) is -0.135. The van der Waals surface area contributed by atoms with Crippen LogP contribution >= 0.6 is 0 Å². The van der Waals surface area contributed by atoms with Crippen molar-refractivity contribution in [3.8, 4) is 5.95 Å². The summed E-state index contributed by atoms with van der Waals surface area (Å²) in [5, 5.41) is 17.1. The SMILES string of the molecule is Cc1nn(-c2noc(C3CCN(CC4CCC4)CC3)n2)c2ccccc12.O=C(O)C(F)(F)F. The highest BCUT2D eigenvalue weighted by molar-refractivity contribution is 5.82. The Morgan fingerprint density at radius 3 is 2.45 bits per heavy atom. The lowest BCUT2D eigenvalue weighted by Gasteiger charge is -2.36. The van der Waals surface area contributed by atoms with E-state index in [-0.39, 0.29) is 0 Å². The number of benzene rings is 1. The van der Waals surface area contributed by atoms with E-state index >= 15 is 0 Å². The largest absolute Gasteiger partial charge is 0.490 e. The molecule has 0 unspecified atom stereocenters. The minimum atomic E-state index is -5.08. The lowest BCUT2D eigenvalue weighted by atomic mass is 9.84. The molecular weight excluding hydrogens is 439 g/mol. The second kappa shape index (κ2) is 9.50. The average molecular weight is 465 g/mol. The molecule has 1 saturated heterocycles. The minimum absolute atomic E-state index is 0.372. The van der Waals surface area contributed by atoms with Crippen LogP contribution in [0.4, 0.5) is 13.2 Å². The molecule has 3 heterocycles. The van der Waals surface area contributed by atoms with Crippen LogP contribution in [0.1, 0.15) is 49.6 Å². The third kappa shape index (κ3) is 5.35. The summed E-state index contributed by atoms with van der Waals surface area (Å²) >= 11 is 0. The first-order valence-electron chi connectivity index (χ1n) is 11.0. The maximum Gasteiger partial charge on any atom is 0.490 e. The van der Waals surface area contributed by atoms with Crippen LogP contribution in [-0.4, -0.2) is 61.7 Å². The van der Waals surface area contributed by atoms with Crippen molar-refractivity contribution >= 4 is 16.9 Å². The van der Waals surface area contributed by atoms with Crippen LogP contribution in [0.5, 0.6) is 0 Å². The van der Waals surface area contributed by atoms with Crippen molar-refractivity contribution in [2.75, 3.05) is 19.6 Å². The molecule has 0 atom stereocenters. The number of alkyl halides is 3. The smallest absolute Gasteiger partial charge is 0.475 e. The summed E-state index contributed by atoms with van der Waals surface area (Å²) in [6.45, 7) is 5.57. The zero-order chi connectivity index (χ0) is 23.6. The number of fused-ring (bicyclic) bond motifs is 1. The fourth-order valence-electron chi connectivity index (χ4n) is 4.26. The van der Waals surface area contributed by atoms with E-state index in [1.165, 1.54) is 25.8 Å². The topological polar surface area (TPSA) is 97.3 Å². The van der Waals surface area contributed by atoms with E-state index in [9.17, 15) is 13.2 Å². The highest BCUT2D eigenvalue weighted by Crippen LogP contribution is 2.31. The van der Waals surface area contributed by atoms with Crippen molar-refractivity contribution in [3.05, 3.63) is 35.9 Å². The van der Waals surface area contributed by atoms with Crippen molar-refractivity contribution < 1.29 is 27.6 Å². The molecule has 2 fully saturated rings. The number of halogens is 3. The quantitative estimate of drug-likeness (QED) is 0.613. The van der Waals surface area contributed by atoms with Gasteiger partial charge in [0.1, 0.15) is 0 Å². The highest BCUT2D eigenvalue weighted by atomic mass is 19.4. The number of hydrogen-bond donors (Lipinski definition) is 1. The second-order valence-electron chi connectivity index (χ2n) is 8.62. The Morgan fingerprint density at radius 2 is 1.85 bits per heavy atom. The van der Waals surface area contributed by atoms with Gasteiger partial charge in [0.25, 0.3) is 5.95 Å². The van der Waals surface area contributed by atoms with Gasteiger partial charge in [-0.2, -0.15) is 27.9 Å². The maximum absolute atomic E-state index is 10.6. The zero-order valence-electron chi connectivity index (χ0n) is 18.3. The standard InChI is InChI=1S/C20H25N5O.C2HF3O2/c1-14-17-7-2-3-8-18(17)25(22-14)20-21-19(26-23-20)16-9-11-24(12-10-16)13-15-5-4-6-15;3-2(4,5)1(6)7/h2-3,7-8,15-16H,4-6,9-13H2,1H3;(H,6,7). The lowest BCUT2D eigenvalue weighted by Crippen LogP contribution is -2.38. The highest BCUT2D eigenvalue weighted by Gasteiger charge is 2.38. The summed E-state index contributed by atoms with van der Waals surface area (Å²) in [7, 11) is 0. The van der Waals surface area contributed by atoms with Gasteiger partial charge in [-0.1, -0.05) is 24.6 Å². The van der Waals surface area contributed by atoms with E-state index in [0.29, 0.717) is 11.9 Å². The van der Waals surface area contributed by atoms with Crippen LogP contribution < -0.4 is 0 Å². The molecule has 1 aromatic carbocycles. The predicted molar refractivity (Wildman–Crippen MR) is 113 cm³/mol. The van der Waals surface area contributed by atoms with Crippen molar-refractivity contribution in [2.24, 2.45) is 5.92 Å². The monoisotopic (exact) mass is 465 g/mol. The number of para-hydroxylation sites is 1. The molecule has 1 aliphatic carbocycles. The van der Waals surface area contributed by atoms with Crippen molar-refractivity contribution in [3.63, 3.8) is 0 Å². The van der Waals surface area contributed by atoms with Crippen molar-refractivity contribution in [2.45, 2.75) is 51.1 Å². The number of piperidine rings is 1. The number of carboxylic acid groups (broad SMARTS) is 1. The Labute approximate surface area is 188 Å². The molecule has 1 aliphatic heterocycles. The summed E-state index contributed by atoms with van der Waals surface area (Å²) in [5.41, 5.74) is 2.00. The van der Waals surface area contributed by atoms with E-state index < -0.39 is 12.1 Å². The molecule has 3 aromatic rings. The van der Waals surface area contributed by atoms with Crippen LogP contribution in [0.25, 0.3) is 16.9 Å². The molecule has 0 amide bonds. The summed E-state index contributed by atoms with van der Waals surface area (Å²) in [4.78, 5) is 16.2. The Bertz CT molecular complexity index is 1100. The number of rotatable bonds is 4. The molecule has 33 heavy (non-hydrogen) atoms. The first-order valence-corrected chi connectivity index (χ1v) is 11.0. The van der Waals surface area contributed by atoms with Gasteiger partial charge in [-0.25, -0.2) is 4.79 Å². The normalized spacial score (nSPS) is 18.1. The first-order chi connectivity index (χ1) is 15.7. The lowest BCUT2D eigenvalue weighted by molar-refractivity contribution is -0.192. The molecule has 5 rings (SSSR count). The Morgan fingerprint density at radius 1 is 1.18 bits per heavy atom. The summed E-state index contributed by atoms with van der Waals surface area (Å²) in [6.07, 6.45) is 1.39. The number of aliphatic carboxylic acids is 1. The van der Waals surface area contributed by atoms with Gasteiger partial charge in [0.05, 0.1) is 11.2 Å². The van der Waals surface area contributed by atoms with Crippen molar-refractivity contribution in [1.29, 1.82) is 0 Å². The van der Waals surface area contributed by atoms with E-state index in [1.54, 1.807) is 4.68 Å². The number of nitrogens with zero attached hydrogens (tertiary/aromatic N) is 5. The van der Waals surface area contributed by atoms with Gasteiger partial charge in [-0.3, -0.25) is 0 Å². The van der Waals surface area contributed by atoms with Crippen LogP contribution in [0.15, 0.2) is 28.8 Å². The molecule has 178 valence electrons. The molecule has 2 aliphatic rings. The summed E-state index contributed by atoms with van der Waals surface area (Å²) < 4.78 is 39.2. The van der Waals surface area contributed by atoms with Gasteiger partial charge < -0.3 is 14.5 Å². The molecule has 0 radical (unpaired) electrons. The number of aryl methyl sites for hydroxylation is 1. The van der Waals surface area contributed by atoms with Crippen molar-refractivity contribution in [1.82, 2.24) is 24.8 Å². The van der Waals surface area contributed by atoms with Gasteiger partial charge in [-0.15, -0.1) is 0 Å². The van der Waals surface area contributed by atoms with E-state index in [4.69, 9.17) is 14.4 Å². The number of likely N-dealkylation sites (tertiary alicyclic amines) is 1. The molecule has 1 saturated carbocycles.